The van der Waals surface area contributed by atoms with Gasteiger partial charge >= 0.3 is 0 Å². The molecule has 53 valence electrons. The Morgan fingerprint density at radius 3 is 2.70 bits per heavy atom. The van der Waals surface area contributed by atoms with Gasteiger partial charge in [0.2, 0.25) is 0 Å². The Morgan fingerprint density at radius 1 is 1.60 bits per heavy atom. The molecule has 1 aromatic rings. The van der Waals surface area contributed by atoms with Gasteiger partial charge in [-0.1, -0.05) is 13.8 Å². The minimum absolute atomic E-state index is 0.347. The van der Waals surface area contributed by atoms with Crippen molar-refractivity contribution in [3.05, 3.63) is 18.2 Å². The summed E-state index contributed by atoms with van der Waals surface area (Å²) in [6.45, 7) is 4.07. The van der Waals surface area contributed by atoms with Crippen LogP contribution in [0.2, 0.25) is 0 Å². The lowest BCUT2D eigenvalue weighted by atomic mass is 10.1. The minimum atomic E-state index is 0.347. The molecule has 0 aliphatic heterocycles. The fourth-order valence-electron chi connectivity index (χ4n) is 0.774. The Balaban J connectivity index is 3.03. The van der Waals surface area contributed by atoms with E-state index in [2.05, 4.69) is 16.3 Å². The lowest BCUT2D eigenvalue weighted by Crippen LogP contribution is -2.00. The molecule has 0 fully saturated rings. The van der Waals surface area contributed by atoms with Crippen LogP contribution in [0.3, 0.4) is 0 Å². The number of hydrogen-bond acceptors (Lipinski definition) is 3. The first kappa shape index (κ1) is 6.99. The van der Waals surface area contributed by atoms with Gasteiger partial charge in [-0.15, -0.1) is 0 Å². The van der Waals surface area contributed by atoms with Gasteiger partial charge in [0.25, 0.3) is 0 Å². The third kappa shape index (κ3) is 1.23. The second-order valence-electron chi connectivity index (χ2n) is 2.47. The fraction of sp³-hybridized carbons (Fsp3) is 0.429. The Bertz CT molecular complexity index is 220. The average Bonchev–Trinajstić information content (AvgIpc) is 1.88. The highest BCUT2D eigenvalue weighted by molar-refractivity contribution is 5.40. The molecule has 10 heavy (non-hydrogen) atoms. The van der Waals surface area contributed by atoms with E-state index in [4.69, 9.17) is 5.73 Å². The summed E-state index contributed by atoms with van der Waals surface area (Å²) in [4.78, 5) is 7.58. The van der Waals surface area contributed by atoms with Crippen LogP contribution >= 0.6 is 0 Å². The number of aromatic nitrogens is 2. The predicted octanol–water partition coefficient (Wildman–Crippen LogP) is 0.982. The summed E-state index contributed by atoms with van der Waals surface area (Å²) in [5.41, 5.74) is 7.09. The molecule has 0 bridgehead atoms. The van der Waals surface area contributed by atoms with Crippen LogP contribution in [0.4, 0.5) is 5.69 Å². The summed E-state index contributed by atoms with van der Waals surface area (Å²) in [6, 6.07) is 0. The van der Waals surface area contributed by atoms with E-state index in [9.17, 15) is 0 Å². The molecule has 1 rings (SSSR count). The second-order valence-corrected chi connectivity index (χ2v) is 2.47. The van der Waals surface area contributed by atoms with Crippen LogP contribution in [0.15, 0.2) is 6.20 Å². The standard InChI is InChI=1S/C7H10N3/c1-5(2)7-6(8)3-9-4-10-7/h3,5H,8H2,1-2H3. The molecule has 0 aliphatic carbocycles. The molecule has 2 N–H and O–H groups in total. The largest absolute Gasteiger partial charge is 0.396 e. The van der Waals surface area contributed by atoms with E-state index in [1.807, 2.05) is 13.8 Å². The van der Waals surface area contributed by atoms with Gasteiger partial charge in [-0.05, 0) is 5.92 Å². The Labute approximate surface area is 60.3 Å². The first-order valence-electron chi connectivity index (χ1n) is 3.20. The van der Waals surface area contributed by atoms with E-state index < -0.39 is 0 Å². The number of rotatable bonds is 1. The van der Waals surface area contributed by atoms with Crippen LogP contribution in [0.1, 0.15) is 25.5 Å². The van der Waals surface area contributed by atoms with Crippen molar-refractivity contribution in [3.63, 3.8) is 0 Å². The number of nitrogens with two attached hydrogens (primary N) is 1. The van der Waals surface area contributed by atoms with Crippen molar-refractivity contribution in [3.8, 4) is 0 Å². The molecular formula is C7H10N3. The molecule has 0 aromatic carbocycles. The first-order valence-corrected chi connectivity index (χ1v) is 3.20. The van der Waals surface area contributed by atoms with Gasteiger partial charge in [0.15, 0.2) is 6.33 Å². The molecular weight excluding hydrogens is 126 g/mol. The van der Waals surface area contributed by atoms with Crippen LogP contribution in [-0.2, 0) is 0 Å². The topological polar surface area (TPSA) is 51.8 Å². The van der Waals surface area contributed by atoms with Crippen LogP contribution in [0, 0.1) is 6.33 Å². The smallest absolute Gasteiger partial charge is 0.198 e. The Kier molecular flexibility index (Phi) is 1.85. The highest BCUT2D eigenvalue weighted by Crippen LogP contribution is 2.15. The highest BCUT2D eigenvalue weighted by Gasteiger charge is 2.03. The van der Waals surface area contributed by atoms with Crippen LogP contribution < -0.4 is 5.73 Å². The normalized spacial score (nSPS) is 10.3. The monoisotopic (exact) mass is 136 g/mol. The predicted molar refractivity (Wildman–Crippen MR) is 39.4 cm³/mol. The number of nitrogens with zero attached hydrogens (tertiary/aromatic N) is 2. The SMILES string of the molecule is CC(C)c1n[c]ncc1N. The highest BCUT2D eigenvalue weighted by atomic mass is 14.9. The summed E-state index contributed by atoms with van der Waals surface area (Å²) >= 11 is 0. The van der Waals surface area contributed by atoms with Crippen molar-refractivity contribution in [2.24, 2.45) is 0 Å². The molecule has 3 heteroatoms. The molecule has 0 saturated carbocycles. The van der Waals surface area contributed by atoms with Crippen molar-refractivity contribution in [2.75, 3.05) is 5.73 Å². The molecule has 1 aromatic heterocycles. The van der Waals surface area contributed by atoms with Crippen LogP contribution in [0.25, 0.3) is 0 Å². The Morgan fingerprint density at radius 2 is 2.30 bits per heavy atom. The molecule has 0 atom stereocenters. The van der Waals surface area contributed by atoms with Crippen LogP contribution in [0.5, 0.6) is 0 Å². The molecule has 3 nitrogen and oxygen atoms in total. The van der Waals surface area contributed by atoms with E-state index in [1.54, 1.807) is 6.20 Å². The summed E-state index contributed by atoms with van der Waals surface area (Å²) < 4.78 is 0. The van der Waals surface area contributed by atoms with Crippen LogP contribution in [-0.4, -0.2) is 9.97 Å². The average molecular weight is 136 g/mol. The maximum atomic E-state index is 5.58. The van der Waals surface area contributed by atoms with Gasteiger partial charge in [0, 0.05) is 0 Å². The Hall–Kier alpha value is -1.12. The molecule has 0 aliphatic rings. The van der Waals surface area contributed by atoms with Gasteiger partial charge in [-0.3, -0.25) is 0 Å². The zero-order valence-corrected chi connectivity index (χ0v) is 6.13. The summed E-state index contributed by atoms with van der Waals surface area (Å²) in [7, 11) is 0. The maximum Gasteiger partial charge on any atom is 0.198 e. The van der Waals surface area contributed by atoms with E-state index >= 15 is 0 Å². The minimum Gasteiger partial charge on any atom is -0.396 e. The van der Waals surface area contributed by atoms with Crippen molar-refractivity contribution < 1.29 is 0 Å². The second kappa shape index (κ2) is 2.64. The number of nitrogen functional groups attached to an aromatic ring is 1. The van der Waals surface area contributed by atoms with Crippen molar-refractivity contribution in [1.29, 1.82) is 0 Å². The summed E-state index contributed by atoms with van der Waals surface area (Å²) in [5, 5.41) is 0. The molecule has 0 unspecified atom stereocenters. The van der Waals surface area contributed by atoms with Gasteiger partial charge in [0.05, 0.1) is 17.6 Å². The maximum absolute atomic E-state index is 5.58. The van der Waals surface area contributed by atoms with Crippen molar-refractivity contribution in [1.82, 2.24) is 9.97 Å². The van der Waals surface area contributed by atoms with E-state index in [0.29, 0.717) is 11.6 Å². The van der Waals surface area contributed by atoms with E-state index in [-0.39, 0.29) is 0 Å². The molecule has 0 saturated heterocycles. The number of anilines is 1. The quantitative estimate of drug-likeness (QED) is 0.626. The lowest BCUT2D eigenvalue weighted by Gasteiger charge is -2.04. The molecule has 0 amide bonds. The zero-order valence-electron chi connectivity index (χ0n) is 6.13. The summed E-state index contributed by atoms with van der Waals surface area (Å²) in [5.74, 6) is 0.347. The van der Waals surface area contributed by atoms with E-state index in [1.165, 1.54) is 0 Å². The summed E-state index contributed by atoms with van der Waals surface area (Å²) in [6.07, 6.45) is 4.07. The first-order chi connectivity index (χ1) is 4.72. The van der Waals surface area contributed by atoms with E-state index in [0.717, 1.165) is 5.69 Å². The zero-order chi connectivity index (χ0) is 7.56. The van der Waals surface area contributed by atoms with Crippen molar-refractivity contribution >= 4 is 5.69 Å². The van der Waals surface area contributed by atoms with Gasteiger partial charge < -0.3 is 5.73 Å². The third-order valence-electron chi connectivity index (χ3n) is 1.27. The van der Waals surface area contributed by atoms with Gasteiger partial charge in [-0.2, -0.15) is 0 Å². The lowest BCUT2D eigenvalue weighted by molar-refractivity contribution is 0.816. The molecule has 1 heterocycles. The van der Waals surface area contributed by atoms with Crippen molar-refractivity contribution in [2.45, 2.75) is 19.8 Å². The van der Waals surface area contributed by atoms with Gasteiger partial charge in [-0.25, -0.2) is 9.97 Å². The van der Waals surface area contributed by atoms with Gasteiger partial charge in [0.1, 0.15) is 0 Å². The number of hydrogen-bond donors (Lipinski definition) is 1. The molecule has 0 spiro atoms. The molecule has 1 radical (unpaired) electrons. The fourth-order valence-corrected chi connectivity index (χ4v) is 0.774. The third-order valence-corrected chi connectivity index (χ3v) is 1.27.